The maximum atomic E-state index is 7.93. The zero-order valence-corrected chi connectivity index (χ0v) is 8.22. The van der Waals surface area contributed by atoms with Crippen LogP contribution in [0.2, 0.25) is 0 Å². The third-order valence-corrected chi connectivity index (χ3v) is 2.70. The normalized spacial score (nSPS) is 26.0. The topological polar surface area (TPSA) is 23.9 Å². The van der Waals surface area contributed by atoms with Gasteiger partial charge in [0.05, 0.1) is 5.71 Å². The highest BCUT2D eigenvalue weighted by molar-refractivity contribution is 6.14. The number of nitrogens with one attached hydrogen (secondary N) is 1. The lowest BCUT2D eigenvalue weighted by Gasteiger charge is -2.14. The molecule has 0 unspecified atom stereocenters. The summed E-state index contributed by atoms with van der Waals surface area (Å²) in [5.41, 5.74) is 4.19. The van der Waals surface area contributed by atoms with Gasteiger partial charge in [0, 0.05) is 0 Å². The van der Waals surface area contributed by atoms with Crippen molar-refractivity contribution in [2.45, 2.75) is 26.7 Å². The molecule has 0 aliphatic heterocycles. The quantitative estimate of drug-likeness (QED) is 0.629. The largest absolute Gasteiger partial charge is 0.300 e. The van der Waals surface area contributed by atoms with E-state index >= 15 is 0 Å². The van der Waals surface area contributed by atoms with E-state index in [1.807, 2.05) is 13.0 Å². The van der Waals surface area contributed by atoms with Crippen LogP contribution >= 0.6 is 0 Å². The monoisotopic (exact) mass is 173 g/mol. The summed E-state index contributed by atoms with van der Waals surface area (Å²) in [6, 6.07) is 0. The summed E-state index contributed by atoms with van der Waals surface area (Å²) >= 11 is 0. The molecule has 1 saturated carbocycles. The van der Waals surface area contributed by atoms with Crippen LogP contribution in [0.4, 0.5) is 0 Å². The third kappa shape index (κ3) is 1.64. The van der Waals surface area contributed by atoms with Gasteiger partial charge in [0.1, 0.15) is 0 Å². The van der Waals surface area contributed by atoms with Crippen LogP contribution in [-0.2, 0) is 0 Å². The maximum absolute atomic E-state index is 7.93. The van der Waals surface area contributed by atoms with Crippen molar-refractivity contribution >= 4 is 5.71 Å². The van der Waals surface area contributed by atoms with Crippen molar-refractivity contribution in [3.63, 3.8) is 0 Å². The van der Waals surface area contributed by atoms with Crippen molar-refractivity contribution in [2.75, 3.05) is 0 Å². The molecule has 0 spiro atoms. The van der Waals surface area contributed by atoms with Crippen LogP contribution in [0, 0.1) is 11.3 Å². The molecule has 0 aromatic carbocycles. The van der Waals surface area contributed by atoms with E-state index in [9.17, 15) is 0 Å². The van der Waals surface area contributed by atoms with Gasteiger partial charge in [-0.3, -0.25) is 0 Å². The molecule has 1 N–H and O–H groups in total. The third-order valence-electron chi connectivity index (χ3n) is 2.70. The summed E-state index contributed by atoms with van der Waals surface area (Å²) in [5, 5.41) is 7.93. The van der Waals surface area contributed by atoms with Gasteiger partial charge < -0.3 is 5.41 Å². The van der Waals surface area contributed by atoms with Gasteiger partial charge in [-0.05, 0) is 49.3 Å². The van der Waals surface area contributed by atoms with Gasteiger partial charge in [-0.2, -0.15) is 0 Å². The fraction of sp³-hybridized carbons (Fsp3) is 0.417. The first kappa shape index (κ1) is 8.49. The van der Waals surface area contributed by atoms with Gasteiger partial charge in [-0.15, -0.1) is 0 Å². The molecule has 2 aliphatic rings. The maximum Gasteiger partial charge on any atom is 0.0640 e. The molecule has 2 aliphatic carbocycles. The molecule has 1 heteroatoms. The lowest BCUT2D eigenvalue weighted by Crippen LogP contribution is -2.08. The summed E-state index contributed by atoms with van der Waals surface area (Å²) < 4.78 is 0. The van der Waals surface area contributed by atoms with E-state index in [-0.39, 0.29) is 0 Å². The lowest BCUT2D eigenvalue weighted by molar-refractivity contribution is 1.10. The number of hydrogen-bond acceptors (Lipinski definition) is 1. The Kier molecular flexibility index (Phi) is 1.95. The minimum absolute atomic E-state index is 0.715. The first-order valence-electron chi connectivity index (χ1n) is 4.85. The molecule has 1 fully saturated rings. The van der Waals surface area contributed by atoms with Gasteiger partial charge in [-0.25, -0.2) is 0 Å². The second-order valence-corrected chi connectivity index (χ2v) is 3.99. The predicted molar refractivity (Wildman–Crippen MR) is 56.0 cm³/mol. The summed E-state index contributed by atoms with van der Waals surface area (Å²) in [5.74, 6) is 0.754. The molecular formula is C12H15N. The highest BCUT2D eigenvalue weighted by Crippen LogP contribution is 2.34. The molecular weight excluding hydrogens is 158 g/mol. The van der Waals surface area contributed by atoms with Gasteiger partial charge in [0.15, 0.2) is 0 Å². The Labute approximate surface area is 79.4 Å². The van der Waals surface area contributed by atoms with Crippen LogP contribution in [0.3, 0.4) is 0 Å². The molecule has 0 aromatic rings. The average Bonchev–Trinajstić information content (AvgIpc) is 2.89. The molecule has 0 aromatic heterocycles. The average molecular weight is 173 g/mol. The second kappa shape index (κ2) is 2.99. The van der Waals surface area contributed by atoms with Gasteiger partial charge in [0.2, 0.25) is 0 Å². The fourth-order valence-corrected chi connectivity index (χ4v) is 1.55. The smallest absolute Gasteiger partial charge is 0.0640 e. The highest BCUT2D eigenvalue weighted by atomic mass is 14.4. The number of rotatable bonds is 1. The Morgan fingerprint density at radius 2 is 1.85 bits per heavy atom. The van der Waals surface area contributed by atoms with E-state index in [2.05, 4.69) is 19.1 Å². The molecule has 13 heavy (non-hydrogen) atoms. The summed E-state index contributed by atoms with van der Waals surface area (Å²) in [7, 11) is 0. The van der Waals surface area contributed by atoms with Crippen molar-refractivity contribution in [1.82, 2.24) is 0 Å². The van der Waals surface area contributed by atoms with Crippen LogP contribution in [-0.4, -0.2) is 5.71 Å². The minimum atomic E-state index is 0.715. The van der Waals surface area contributed by atoms with Crippen LogP contribution in [0.25, 0.3) is 0 Å². The standard InChI is InChI=1S/C12H15N/c1-8-3-4-9(2)12(13)11(8)7-10-5-6-10/h3-4,7,10,13H,5-6H2,1-2H3/b11-7-,13-12?. The van der Waals surface area contributed by atoms with E-state index in [1.165, 1.54) is 18.4 Å². The zero-order valence-electron chi connectivity index (χ0n) is 8.22. The summed E-state index contributed by atoms with van der Waals surface area (Å²) in [4.78, 5) is 0. The molecule has 68 valence electrons. The van der Waals surface area contributed by atoms with E-state index in [0.717, 1.165) is 17.1 Å². The lowest BCUT2D eigenvalue weighted by atomic mass is 9.91. The molecule has 0 heterocycles. The summed E-state index contributed by atoms with van der Waals surface area (Å²) in [6.45, 7) is 4.09. The van der Waals surface area contributed by atoms with Gasteiger partial charge in [0.25, 0.3) is 0 Å². The van der Waals surface area contributed by atoms with Crippen molar-refractivity contribution in [3.8, 4) is 0 Å². The summed E-state index contributed by atoms with van der Waals surface area (Å²) in [6.07, 6.45) is 9.04. The number of allylic oxidation sites excluding steroid dienone is 6. The van der Waals surface area contributed by atoms with Crippen LogP contribution in [0.15, 0.2) is 34.9 Å². The molecule has 0 radical (unpaired) electrons. The molecule has 0 bridgehead atoms. The van der Waals surface area contributed by atoms with Crippen LogP contribution < -0.4 is 0 Å². The first-order valence-corrected chi connectivity index (χ1v) is 4.85. The molecule has 0 atom stereocenters. The molecule has 0 amide bonds. The SMILES string of the molecule is CC1=CC=C(C)/C(=C/C2CC2)C1=N. The van der Waals surface area contributed by atoms with Crippen molar-refractivity contribution < 1.29 is 0 Å². The van der Waals surface area contributed by atoms with Crippen molar-refractivity contribution in [2.24, 2.45) is 5.92 Å². The van der Waals surface area contributed by atoms with E-state index in [0.29, 0.717) is 5.71 Å². The fourth-order valence-electron chi connectivity index (χ4n) is 1.55. The van der Waals surface area contributed by atoms with Gasteiger partial charge >= 0.3 is 0 Å². The highest BCUT2D eigenvalue weighted by Gasteiger charge is 2.22. The molecule has 2 rings (SSSR count). The Balaban J connectivity index is 2.32. The predicted octanol–water partition coefficient (Wildman–Crippen LogP) is 3.25. The van der Waals surface area contributed by atoms with Crippen LogP contribution in [0.1, 0.15) is 26.7 Å². The Morgan fingerprint density at radius 1 is 1.23 bits per heavy atom. The second-order valence-electron chi connectivity index (χ2n) is 3.99. The van der Waals surface area contributed by atoms with E-state index < -0.39 is 0 Å². The van der Waals surface area contributed by atoms with Crippen LogP contribution in [0.5, 0.6) is 0 Å². The Morgan fingerprint density at radius 3 is 2.46 bits per heavy atom. The molecule has 0 saturated heterocycles. The Hall–Kier alpha value is -1.11. The van der Waals surface area contributed by atoms with Gasteiger partial charge in [-0.1, -0.05) is 18.2 Å². The minimum Gasteiger partial charge on any atom is -0.300 e. The van der Waals surface area contributed by atoms with E-state index in [4.69, 9.17) is 5.41 Å². The van der Waals surface area contributed by atoms with Crippen molar-refractivity contribution in [3.05, 3.63) is 34.9 Å². The number of hydrogen-bond donors (Lipinski definition) is 1. The molecule has 1 nitrogen and oxygen atoms in total. The zero-order chi connectivity index (χ0) is 9.42. The van der Waals surface area contributed by atoms with E-state index in [1.54, 1.807) is 0 Å². The Bertz CT molecular complexity index is 334. The first-order chi connectivity index (χ1) is 6.18. The van der Waals surface area contributed by atoms with Crippen molar-refractivity contribution in [1.29, 1.82) is 5.41 Å².